The van der Waals surface area contributed by atoms with Crippen molar-refractivity contribution in [2.24, 2.45) is 40.4 Å². The van der Waals surface area contributed by atoms with Crippen molar-refractivity contribution in [2.75, 3.05) is 13.1 Å². The molecule has 0 aromatic heterocycles. The molecule has 5 fully saturated rings. The highest BCUT2D eigenvalue weighted by molar-refractivity contribution is 5.88. The van der Waals surface area contributed by atoms with Crippen LogP contribution in [0.1, 0.15) is 71.6 Å². The van der Waals surface area contributed by atoms with Gasteiger partial charge < -0.3 is 10.1 Å². The normalized spacial score (nSPS) is 49.3. The maximum absolute atomic E-state index is 13.3. The summed E-state index contributed by atoms with van der Waals surface area (Å²) in [5, 5.41) is 3.23. The molecule has 29 heavy (non-hydrogen) atoms. The molecule has 0 bridgehead atoms. The third-order valence-electron chi connectivity index (χ3n) is 9.79. The van der Waals surface area contributed by atoms with E-state index in [1.54, 1.807) is 0 Å². The van der Waals surface area contributed by atoms with E-state index in [4.69, 9.17) is 4.74 Å². The number of hydrogen-bond donors (Lipinski definition) is 1. The number of ether oxygens (including phenoxy) is 1. The zero-order valence-electron chi connectivity index (χ0n) is 17.9. The molecule has 1 heterocycles. The Morgan fingerprint density at radius 1 is 1.07 bits per heavy atom. The van der Waals surface area contributed by atoms with E-state index < -0.39 is 0 Å². The average Bonchev–Trinajstić information content (AvgIpc) is 3.32. The fourth-order valence-electron chi connectivity index (χ4n) is 8.00. The summed E-state index contributed by atoms with van der Waals surface area (Å²) in [6.07, 6.45) is 7.64. The Balaban J connectivity index is 1.32. The molecule has 5 aliphatic rings. The van der Waals surface area contributed by atoms with Gasteiger partial charge in [0.15, 0.2) is 0 Å². The summed E-state index contributed by atoms with van der Waals surface area (Å²) in [6, 6.07) is 0. The second kappa shape index (κ2) is 6.90. The largest absolute Gasteiger partial charge is 0.462 e. The van der Waals surface area contributed by atoms with Crippen LogP contribution in [0.3, 0.4) is 0 Å². The lowest BCUT2D eigenvalue weighted by Gasteiger charge is -2.59. The lowest BCUT2D eigenvalue weighted by Crippen LogP contribution is -2.57. The van der Waals surface area contributed by atoms with Crippen LogP contribution in [-0.2, 0) is 19.1 Å². The van der Waals surface area contributed by atoms with Crippen molar-refractivity contribution in [3.63, 3.8) is 0 Å². The van der Waals surface area contributed by atoms with Crippen LogP contribution in [0, 0.1) is 40.4 Å². The maximum Gasteiger partial charge on any atom is 0.310 e. The van der Waals surface area contributed by atoms with Gasteiger partial charge in [0, 0.05) is 30.7 Å². The predicted molar refractivity (Wildman–Crippen MR) is 108 cm³/mol. The van der Waals surface area contributed by atoms with E-state index in [9.17, 15) is 14.4 Å². The second-order valence-corrected chi connectivity index (χ2v) is 11.0. The van der Waals surface area contributed by atoms with Crippen molar-refractivity contribution in [3.05, 3.63) is 0 Å². The SMILES string of the molecule is C[C@]12CC[C@H](OC(=O)C3CCNC3)CC1C(=O)C[C@@H]1[C@@H]2CC[C@]2(C)C(=O)CC[C@@H]12. The van der Waals surface area contributed by atoms with E-state index in [0.717, 1.165) is 45.1 Å². The van der Waals surface area contributed by atoms with E-state index in [0.29, 0.717) is 55.1 Å². The minimum atomic E-state index is -0.188. The summed E-state index contributed by atoms with van der Waals surface area (Å²) in [5.41, 5.74) is -0.183. The second-order valence-electron chi connectivity index (χ2n) is 11.0. The number of ketones is 2. The number of nitrogens with one attached hydrogen (secondary N) is 1. The molecule has 160 valence electrons. The van der Waals surface area contributed by atoms with Gasteiger partial charge in [-0.25, -0.2) is 0 Å². The van der Waals surface area contributed by atoms with Crippen LogP contribution < -0.4 is 5.32 Å². The Bertz CT molecular complexity index is 728. The first-order valence-corrected chi connectivity index (χ1v) is 11.8. The maximum atomic E-state index is 13.3. The molecular weight excluding hydrogens is 366 g/mol. The molecule has 8 atom stereocenters. The van der Waals surface area contributed by atoms with Gasteiger partial charge in [0.1, 0.15) is 17.7 Å². The minimum absolute atomic E-state index is 0.00475. The van der Waals surface area contributed by atoms with Crippen molar-refractivity contribution >= 4 is 17.5 Å². The van der Waals surface area contributed by atoms with Crippen molar-refractivity contribution in [1.29, 1.82) is 0 Å². The van der Waals surface area contributed by atoms with Crippen molar-refractivity contribution in [3.8, 4) is 0 Å². The van der Waals surface area contributed by atoms with E-state index in [-0.39, 0.29) is 34.7 Å². The molecule has 0 amide bonds. The number of hydrogen-bond acceptors (Lipinski definition) is 5. The van der Waals surface area contributed by atoms with E-state index in [2.05, 4.69) is 19.2 Å². The Morgan fingerprint density at radius 2 is 1.90 bits per heavy atom. The van der Waals surface area contributed by atoms with Crippen molar-refractivity contribution in [2.45, 2.75) is 77.7 Å². The minimum Gasteiger partial charge on any atom is -0.462 e. The smallest absolute Gasteiger partial charge is 0.310 e. The third-order valence-corrected chi connectivity index (χ3v) is 9.79. The van der Waals surface area contributed by atoms with E-state index >= 15 is 0 Å². The fourth-order valence-corrected chi connectivity index (χ4v) is 8.00. The zero-order chi connectivity index (χ0) is 20.4. The first-order chi connectivity index (χ1) is 13.8. The standard InChI is InChI=1S/C24H35NO4/c1-23-8-5-15(29-22(28)14-7-10-25-13-14)11-19(23)20(26)12-16-17-3-4-21(27)24(17,2)9-6-18(16)23/h14-19,25H,3-13H2,1-2H3/t14?,15-,16-,17-,18-,19?,23+,24-/m0/s1. The van der Waals surface area contributed by atoms with Gasteiger partial charge in [-0.05, 0) is 74.7 Å². The van der Waals surface area contributed by atoms with Crippen LogP contribution in [-0.4, -0.2) is 36.7 Å². The molecule has 1 saturated heterocycles. The first kappa shape index (κ1) is 19.7. The summed E-state index contributed by atoms with van der Waals surface area (Å²) in [6.45, 7) is 6.09. The van der Waals surface area contributed by atoms with E-state index in [1.165, 1.54) is 0 Å². The number of carbonyl (C=O) groups excluding carboxylic acids is 3. The molecule has 5 rings (SSSR count). The summed E-state index contributed by atoms with van der Waals surface area (Å²) in [4.78, 5) is 38.4. The first-order valence-electron chi connectivity index (χ1n) is 11.8. The Kier molecular flexibility index (Phi) is 4.69. The number of esters is 1. The summed E-state index contributed by atoms with van der Waals surface area (Å²) in [7, 11) is 0. The molecule has 5 nitrogen and oxygen atoms in total. The molecule has 5 heteroatoms. The van der Waals surface area contributed by atoms with Gasteiger partial charge in [0.25, 0.3) is 0 Å². The molecule has 4 aliphatic carbocycles. The molecule has 4 saturated carbocycles. The topological polar surface area (TPSA) is 72.5 Å². The van der Waals surface area contributed by atoms with E-state index in [1.807, 2.05) is 0 Å². The van der Waals surface area contributed by atoms with Crippen LogP contribution >= 0.6 is 0 Å². The number of Topliss-reactive ketones (excluding diaryl/α,β-unsaturated/α-hetero) is 2. The van der Waals surface area contributed by atoms with Crippen molar-refractivity contribution in [1.82, 2.24) is 5.32 Å². The highest BCUT2D eigenvalue weighted by atomic mass is 16.5. The van der Waals surface area contributed by atoms with Crippen LogP contribution in [0.25, 0.3) is 0 Å². The average molecular weight is 402 g/mol. The third kappa shape index (κ3) is 2.94. The lowest BCUT2D eigenvalue weighted by molar-refractivity contribution is -0.171. The highest BCUT2D eigenvalue weighted by Gasteiger charge is 2.62. The Morgan fingerprint density at radius 3 is 2.66 bits per heavy atom. The van der Waals surface area contributed by atoms with Gasteiger partial charge in [-0.2, -0.15) is 0 Å². The van der Waals surface area contributed by atoms with Crippen LogP contribution in [0.15, 0.2) is 0 Å². The highest BCUT2D eigenvalue weighted by Crippen LogP contribution is 2.64. The molecule has 0 aromatic rings. The molecule has 0 aromatic carbocycles. The predicted octanol–water partition coefficient (Wildman–Crippen LogP) is 3.30. The summed E-state index contributed by atoms with van der Waals surface area (Å²) >= 11 is 0. The molecule has 0 radical (unpaired) electrons. The summed E-state index contributed by atoms with van der Waals surface area (Å²) < 4.78 is 5.88. The molecule has 0 spiro atoms. The summed E-state index contributed by atoms with van der Waals surface area (Å²) in [5.74, 6) is 1.99. The molecular formula is C24H35NO4. The Labute approximate surface area is 173 Å². The van der Waals surface area contributed by atoms with Crippen LogP contribution in [0.2, 0.25) is 0 Å². The molecule has 2 unspecified atom stereocenters. The number of carbonyl (C=O) groups is 3. The van der Waals surface area contributed by atoms with Gasteiger partial charge in [-0.1, -0.05) is 13.8 Å². The van der Waals surface area contributed by atoms with Gasteiger partial charge in [-0.15, -0.1) is 0 Å². The fraction of sp³-hybridized carbons (Fsp3) is 0.875. The number of rotatable bonds is 2. The zero-order valence-corrected chi connectivity index (χ0v) is 17.9. The lowest BCUT2D eigenvalue weighted by atomic mass is 9.45. The Hall–Kier alpha value is -1.23. The van der Waals surface area contributed by atoms with Gasteiger partial charge in [0.2, 0.25) is 0 Å². The molecule has 1 N–H and O–H groups in total. The van der Waals surface area contributed by atoms with Gasteiger partial charge >= 0.3 is 5.97 Å². The number of fused-ring (bicyclic) bond motifs is 5. The molecule has 1 aliphatic heterocycles. The van der Waals surface area contributed by atoms with Crippen LogP contribution in [0.4, 0.5) is 0 Å². The van der Waals surface area contributed by atoms with Crippen LogP contribution in [0.5, 0.6) is 0 Å². The van der Waals surface area contributed by atoms with Gasteiger partial charge in [0.05, 0.1) is 5.92 Å². The quantitative estimate of drug-likeness (QED) is 0.719. The van der Waals surface area contributed by atoms with Crippen molar-refractivity contribution < 1.29 is 19.1 Å². The monoisotopic (exact) mass is 401 g/mol. The van der Waals surface area contributed by atoms with Gasteiger partial charge in [-0.3, -0.25) is 14.4 Å².